The van der Waals surface area contributed by atoms with Crippen molar-refractivity contribution in [2.45, 2.75) is 32.1 Å². The van der Waals surface area contributed by atoms with Gasteiger partial charge in [0.25, 0.3) is 0 Å². The number of para-hydroxylation sites is 1. The summed E-state index contributed by atoms with van der Waals surface area (Å²) in [5, 5.41) is 0. The Hall–Kier alpha value is -2.43. The van der Waals surface area contributed by atoms with E-state index < -0.39 is 17.7 Å². The first-order chi connectivity index (χ1) is 12.1. The van der Waals surface area contributed by atoms with Crippen molar-refractivity contribution in [3.05, 3.63) is 60.2 Å². The zero-order chi connectivity index (χ0) is 17.6. The van der Waals surface area contributed by atoms with Crippen LogP contribution in [0.3, 0.4) is 0 Å². The second-order valence-electron chi connectivity index (χ2n) is 6.35. The van der Waals surface area contributed by atoms with Gasteiger partial charge in [-0.25, -0.2) is 18.5 Å². The third-order valence-corrected chi connectivity index (χ3v) is 4.53. The van der Waals surface area contributed by atoms with Gasteiger partial charge >= 0.3 is 6.09 Å². The molecule has 0 heterocycles. The second-order valence-corrected chi connectivity index (χ2v) is 6.35. The number of anilines is 2. The molecule has 0 unspecified atom stereocenters. The SMILES string of the molecule is O=C(OCC1CCCCC1)N(c1ccccc1)c1ccc(F)c(F)c1. The van der Waals surface area contributed by atoms with Gasteiger partial charge in [0.2, 0.25) is 0 Å². The van der Waals surface area contributed by atoms with E-state index >= 15 is 0 Å². The van der Waals surface area contributed by atoms with Crippen molar-refractivity contribution >= 4 is 17.5 Å². The minimum absolute atomic E-state index is 0.235. The summed E-state index contributed by atoms with van der Waals surface area (Å²) in [4.78, 5) is 13.9. The molecule has 0 bridgehead atoms. The van der Waals surface area contributed by atoms with Crippen molar-refractivity contribution in [3.63, 3.8) is 0 Å². The second kappa shape index (κ2) is 8.10. The number of benzene rings is 2. The molecule has 1 saturated carbocycles. The van der Waals surface area contributed by atoms with Crippen molar-refractivity contribution in [2.75, 3.05) is 11.5 Å². The lowest BCUT2D eigenvalue weighted by Gasteiger charge is -2.25. The number of carbonyl (C=O) groups excluding carboxylic acids is 1. The van der Waals surface area contributed by atoms with Gasteiger partial charge in [-0.1, -0.05) is 37.5 Å². The topological polar surface area (TPSA) is 29.5 Å². The Balaban J connectivity index is 1.80. The molecule has 0 aromatic heterocycles. The number of amides is 1. The van der Waals surface area contributed by atoms with Crippen LogP contribution in [-0.4, -0.2) is 12.7 Å². The van der Waals surface area contributed by atoms with Gasteiger partial charge in [-0.15, -0.1) is 0 Å². The molecular formula is C20H21F2NO2. The maximum Gasteiger partial charge on any atom is 0.418 e. The third kappa shape index (κ3) is 4.35. The Bertz CT molecular complexity index is 715. The number of rotatable bonds is 4. The maximum absolute atomic E-state index is 13.6. The fourth-order valence-electron chi connectivity index (χ4n) is 3.17. The van der Waals surface area contributed by atoms with Crippen molar-refractivity contribution in [1.82, 2.24) is 0 Å². The van der Waals surface area contributed by atoms with Gasteiger partial charge in [0, 0.05) is 6.07 Å². The summed E-state index contributed by atoms with van der Waals surface area (Å²) >= 11 is 0. The van der Waals surface area contributed by atoms with Crippen LogP contribution in [0.15, 0.2) is 48.5 Å². The lowest BCUT2D eigenvalue weighted by Crippen LogP contribution is -2.29. The first-order valence-corrected chi connectivity index (χ1v) is 8.62. The van der Waals surface area contributed by atoms with Gasteiger partial charge < -0.3 is 4.74 Å². The van der Waals surface area contributed by atoms with E-state index in [1.807, 2.05) is 6.07 Å². The predicted octanol–water partition coefficient (Wildman–Crippen LogP) is 5.82. The number of nitrogens with zero attached hydrogens (tertiary/aromatic N) is 1. The quantitative estimate of drug-likeness (QED) is 0.699. The molecule has 3 rings (SSSR count). The largest absolute Gasteiger partial charge is 0.449 e. The summed E-state index contributed by atoms with van der Waals surface area (Å²) in [5.74, 6) is -1.58. The zero-order valence-corrected chi connectivity index (χ0v) is 14.0. The smallest absolute Gasteiger partial charge is 0.418 e. The average molecular weight is 345 g/mol. The molecule has 132 valence electrons. The van der Waals surface area contributed by atoms with Gasteiger partial charge in [0.1, 0.15) is 0 Å². The van der Waals surface area contributed by atoms with Crippen LogP contribution in [0.5, 0.6) is 0 Å². The standard InChI is InChI=1S/C20H21F2NO2/c21-18-12-11-17(13-19(18)22)23(16-9-5-2-6-10-16)20(24)25-14-15-7-3-1-4-8-15/h2,5-6,9-13,15H,1,3-4,7-8,14H2. The highest BCUT2D eigenvalue weighted by molar-refractivity contribution is 5.95. The van der Waals surface area contributed by atoms with Gasteiger partial charge in [0.15, 0.2) is 11.6 Å². The highest BCUT2D eigenvalue weighted by Crippen LogP contribution is 2.29. The number of halogens is 2. The minimum Gasteiger partial charge on any atom is -0.449 e. The first-order valence-electron chi connectivity index (χ1n) is 8.62. The van der Waals surface area contributed by atoms with Gasteiger partial charge in [-0.05, 0) is 43.0 Å². The molecule has 1 aliphatic rings. The molecule has 1 fully saturated rings. The Kier molecular flexibility index (Phi) is 5.64. The van der Waals surface area contributed by atoms with E-state index in [0.717, 1.165) is 37.8 Å². The molecule has 2 aromatic rings. The lowest BCUT2D eigenvalue weighted by molar-refractivity contribution is 0.124. The molecule has 1 aliphatic carbocycles. The summed E-state index contributed by atoms with van der Waals surface area (Å²) in [6, 6.07) is 12.2. The van der Waals surface area contributed by atoms with E-state index in [4.69, 9.17) is 4.74 Å². The summed E-state index contributed by atoms with van der Waals surface area (Å²) in [5.41, 5.74) is 0.779. The molecule has 0 atom stereocenters. The van der Waals surface area contributed by atoms with Crippen LogP contribution in [0.25, 0.3) is 0 Å². The minimum atomic E-state index is -1.00. The highest BCUT2D eigenvalue weighted by atomic mass is 19.2. The van der Waals surface area contributed by atoms with E-state index in [1.165, 1.54) is 17.4 Å². The Morgan fingerprint density at radius 1 is 0.960 bits per heavy atom. The van der Waals surface area contributed by atoms with Gasteiger partial charge in [-0.2, -0.15) is 0 Å². The molecule has 0 saturated heterocycles. The molecule has 0 aliphatic heterocycles. The van der Waals surface area contributed by atoms with E-state index in [2.05, 4.69) is 0 Å². The van der Waals surface area contributed by atoms with Crippen molar-refractivity contribution in [1.29, 1.82) is 0 Å². The zero-order valence-electron chi connectivity index (χ0n) is 14.0. The van der Waals surface area contributed by atoms with Crippen LogP contribution in [0, 0.1) is 17.6 Å². The molecule has 0 spiro atoms. The van der Waals surface area contributed by atoms with Crippen LogP contribution in [0.2, 0.25) is 0 Å². The monoisotopic (exact) mass is 345 g/mol. The number of ether oxygens (including phenoxy) is 1. The normalized spacial score (nSPS) is 15.0. The fraction of sp³-hybridized carbons (Fsp3) is 0.350. The van der Waals surface area contributed by atoms with Crippen molar-refractivity contribution < 1.29 is 18.3 Å². The molecule has 1 amide bonds. The van der Waals surface area contributed by atoms with E-state index in [9.17, 15) is 13.6 Å². The van der Waals surface area contributed by atoms with E-state index in [-0.39, 0.29) is 5.69 Å². The van der Waals surface area contributed by atoms with Crippen LogP contribution in [0.4, 0.5) is 25.0 Å². The Morgan fingerprint density at radius 3 is 2.36 bits per heavy atom. The summed E-state index contributed by atoms with van der Waals surface area (Å²) < 4.78 is 32.4. The fourth-order valence-corrected chi connectivity index (χ4v) is 3.17. The maximum atomic E-state index is 13.6. The molecule has 5 heteroatoms. The Labute approximate surface area is 146 Å². The van der Waals surface area contributed by atoms with Crippen LogP contribution < -0.4 is 4.90 Å². The lowest BCUT2D eigenvalue weighted by atomic mass is 9.90. The van der Waals surface area contributed by atoms with Crippen LogP contribution in [-0.2, 0) is 4.74 Å². The van der Waals surface area contributed by atoms with E-state index in [0.29, 0.717) is 18.2 Å². The first kappa shape index (κ1) is 17.4. The molecular weight excluding hydrogens is 324 g/mol. The number of hydrogen-bond acceptors (Lipinski definition) is 2. The average Bonchev–Trinajstić information content (AvgIpc) is 2.65. The number of carbonyl (C=O) groups is 1. The predicted molar refractivity (Wildman–Crippen MR) is 92.9 cm³/mol. The van der Waals surface area contributed by atoms with E-state index in [1.54, 1.807) is 24.3 Å². The molecule has 0 N–H and O–H groups in total. The van der Waals surface area contributed by atoms with Crippen LogP contribution in [0.1, 0.15) is 32.1 Å². The Morgan fingerprint density at radius 2 is 1.68 bits per heavy atom. The summed E-state index contributed by atoms with van der Waals surface area (Å²) in [7, 11) is 0. The van der Waals surface area contributed by atoms with Crippen LogP contribution >= 0.6 is 0 Å². The van der Waals surface area contributed by atoms with Crippen molar-refractivity contribution in [3.8, 4) is 0 Å². The highest BCUT2D eigenvalue weighted by Gasteiger charge is 2.23. The molecule has 25 heavy (non-hydrogen) atoms. The summed E-state index contributed by atoms with van der Waals surface area (Å²) in [6.07, 6.45) is 5.09. The van der Waals surface area contributed by atoms with Gasteiger partial charge in [-0.3, -0.25) is 0 Å². The summed E-state index contributed by atoms with van der Waals surface area (Å²) in [6.45, 7) is 0.353. The van der Waals surface area contributed by atoms with Gasteiger partial charge in [0.05, 0.1) is 18.0 Å². The van der Waals surface area contributed by atoms with Crippen molar-refractivity contribution in [2.24, 2.45) is 5.92 Å². The molecule has 3 nitrogen and oxygen atoms in total. The number of hydrogen-bond donors (Lipinski definition) is 0. The third-order valence-electron chi connectivity index (χ3n) is 4.53. The molecule has 0 radical (unpaired) electrons. The molecule has 2 aromatic carbocycles.